The van der Waals surface area contributed by atoms with E-state index in [0.717, 1.165) is 29.8 Å². The lowest BCUT2D eigenvalue weighted by Crippen LogP contribution is -2.11. The van der Waals surface area contributed by atoms with E-state index in [1.807, 2.05) is 20.0 Å². The van der Waals surface area contributed by atoms with E-state index in [4.69, 9.17) is 4.74 Å². The fraction of sp³-hybridized carbons (Fsp3) is 0.304. The van der Waals surface area contributed by atoms with Crippen LogP contribution in [0.25, 0.3) is 21.6 Å². The second-order valence-corrected chi connectivity index (χ2v) is 8.50. The molecular formula is C23H22F2N4OS. The van der Waals surface area contributed by atoms with Crippen LogP contribution in [0, 0.1) is 25.5 Å². The van der Waals surface area contributed by atoms with Gasteiger partial charge >= 0.3 is 0 Å². The molecule has 8 heteroatoms. The Balaban J connectivity index is 0.000000158. The van der Waals surface area contributed by atoms with Crippen LogP contribution in [-0.4, -0.2) is 26.5 Å². The molecule has 4 heterocycles. The van der Waals surface area contributed by atoms with E-state index in [-0.39, 0.29) is 5.56 Å². The highest BCUT2D eigenvalue weighted by Crippen LogP contribution is 2.30. The van der Waals surface area contributed by atoms with Crippen molar-refractivity contribution in [2.24, 2.45) is 0 Å². The first-order chi connectivity index (χ1) is 15.0. The molecule has 0 unspecified atom stereocenters. The van der Waals surface area contributed by atoms with E-state index in [1.165, 1.54) is 48.2 Å². The lowest BCUT2D eigenvalue weighted by atomic mass is 10.0. The van der Waals surface area contributed by atoms with Gasteiger partial charge in [-0.2, -0.15) is 0 Å². The van der Waals surface area contributed by atoms with Crippen LogP contribution in [0.4, 0.5) is 8.78 Å². The Kier molecular flexibility index (Phi) is 6.58. The third-order valence-corrected chi connectivity index (χ3v) is 5.84. The predicted molar refractivity (Wildman–Crippen MR) is 117 cm³/mol. The van der Waals surface area contributed by atoms with E-state index < -0.39 is 11.6 Å². The summed E-state index contributed by atoms with van der Waals surface area (Å²) in [5, 5.41) is 0.828. The van der Waals surface area contributed by atoms with Gasteiger partial charge < -0.3 is 4.74 Å². The maximum atomic E-state index is 13.7. The van der Waals surface area contributed by atoms with Crippen molar-refractivity contribution < 1.29 is 13.5 Å². The maximum absolute atomic E-state index is 13.7. The molecule has 1 aliphatic rings. The van der Waals surface area contributed by atoms with Crippen LogP contribution in [-0.2, 0) is 4.74 Å². The van der Waals surface area contributed by atoms with Crippen molar-refractivity contribution in [1.29, 1.82) is 0 Å². The summed E-state index contributed by atoms with van der Waals surface area (Å²) in [5.41, 5.74) is 3.53. The van der Waals surface area contributed by atoms with Gasteiger partial charge in [-0.3, -0.25) is 4.98 Å². The molecule has 4 aromatic rings. The summed E-state index contributed by atoms with van der Waals surface area (Å²) in [6.45, 7) is 4.77. The molecule has 0 saturated carbocycles. The third kappa shape index (κ3) is 5.08. The molecule has 0 amide bonds. The van der Waals surface area contributed by atoms with Gasteiger partial charge in [-0.05, 0) is 62.9 Å². The quantitative estimate of drug-likeness (QED) is 0.384. The largest absolute Gasteiger partial charge is 0.374 e. The van der Waals surface area contributed by atoms with Gasteiger partial charge in [-0.25, -0.2) is 23.7 Å². The lowest BCUT2D eigenvalue weighted by molar-refractivity contribution is 0.0149. The number of thiazole rings is 1. The number of hydrogen-bond donors (Lipinski definition) is 0. The van der Waals surface area contributed by atoms with Crippen LogP contribution in [0.15, 0.2) is 42.9 Å². The molecule has 1 fully saturated rings. The molecule has 1 atom stereocenters. The van der Waals surface area contributed by atoms with Gasteiger partial charge in [0.2, 0.25) is 0 Å². The summed E-state index contributed by atoms with van der Waals surface area (Å²) >= 11 is 1.41. The Bertz CT molecular complexity index is 1190. The minimum Gasteiger partial charge on any atom is -0.374 e. The van der Waals surface area contributed by atoms with Crippen molar-refractivity contribution in [1.82, 2.24) is 19.9 Å². The zero-order valence-corrected chi connectivity index (χ0v) is 18.1. The zero-order chi connectivity index (χ0) is 21.8. The van der Waals surface area contributed by atoms with Crippen LogP contribution < -0.4 is 0 Å². The first-order valence-electron chi connectivity index (χ1n) is 10.1. The summed E-state index contributed by atoms with van der Waals surface area (Å²) < 4.78 is 32.3. The molecule has 1 saturated heterocycles. The predicted octanol–water partition coefficient (Wildman–Crippen LogP) is 5.97. The van der Waals surface area contributed by atoms with Crippen molar-refractivity contribution in [2.45, 2.75) is 39.2 Å². The normalized spacial score (nSPS) is 16.1. The van der Waals surface area contributed by atoms with Gasteiger partial charge in [0.1, 0.15) is 34.0 Å². The molecule has 0 radical (unpaired) electrons. The van der Waals surface area contributed by atoms with Crippen molar-refractivity contribution in [3.8, 4) is 11.3 Å². The second kappa shape index (κ2) is 9.53. The summed E-state index contributed by atoms with van der Waals surface area (Å²) in [5.74, 6) is -1.27. The molecular weight excluding hydrogens is 418 g/mol. The smallest absolute Gasteiger partial charge is 0.147 e. The molecule has 1 aromatic carbocycles. The molecule has 31 heavy (non-hydrogen) atoms. The monoisotopic (exact) mass is 440 g/mol. The van der Waals surface area contributed by atoms with Crippen molar-refractivity contribution >= 4 is 21.7 Å². The Labute approximate surface area is 183 Å². The number of fused-ring (bicyclic) bond motifs is 1. The average Bonchev–Trinajstić information content (AvgIpc) is 3.15. The van der Waals surface area contributed by atoms with Gasteiger partial charge in [-0.1, -0.05) is 11.3 Å². The second-order valence-electron chi connectivity index (χ2n) is 7.32. The molecule has 5 rings (SSSR count). The number of ether oxygens (including phenoxy) is 1. The fourth-order valence-corrected chi connectivity index (χ4v) is 4.26. The van der Waals surface area contributed by atoms with Crippen molar-refractivity contribution in [2.75, 3.05) is 6.61 Å². The van der Waals surface area contributed by atoms with Gasteiger partial charge in [0.25, 0.3) is 0 Å². The maximum Gasteiger partial charge on any atom is 0.147 e. The topological polar surface area (TPSA) is 60.8 Å². The van der Waals surface area contributed by atoms with Crippen LogP contribution in [0.1, 0.15) is 41.6 Å². The number of aromatic nitrogens is 4. The van der Waals surface area contributed by atoms with Crippen molar-refractivity contribution in [3.63, 3.8) is 0 Å². The Morgan fingerprint density at radius 2 is 1.90 bits per heavy atom. The first kappa shape index (κ1) is 21.4. The molecule has 0 aliphatic carbocycles. The average molecular weight is 441 g/mol. The van der Waals surface area contributed by atoms with E-state index in [9.17, 15) is 8.78 Å². The fourth-order valence-electron chi connectivity index (χ4n) is 3.51. The zero-order valence-electron chi connectivity index (χ0n) is 17.3. The van der Waals surface area contributed by atoms with Crippen LogP contribution in [0.5, 0.6) is 0 Å². The molecule has 0 bridgehead atoms. The first-order valence-corrected chi connectivity index (χ1v) is 10.9. The van der Waals surface area contributed by atoms with E-state index in [1.54, 1.807) is 0 Å². The van der Waals surface area contributed by atoms with Gasteiger partial charge in [0.15, 0.2) is 0 Å². The summed E-state index contributed by atoms with van der Waals surface area (Å²) in [6.07, 6.45) is 7.19. The number of nitrogens with zero attached hydrogens (tertiary/aromatic N) is 4. The van der Waals surface area contributed by atoms with Gasteiger partial charge in [-0.15, -0.1) is 0 Å². The number of aryl methyl sites for hydroxylation is 2. The third-order valence-electron chi connectivity index (χ3n) is 4.96. The van der Waals surface area contributed by atoms with Crippen LogP contribution in [0.2, 0.25) is 0 Å². The summed E-state index contributed by atoms with van der Waals surface area (Å²) in [7, 11) is 0. The summed E-state index contributed by atoms with van der Waals surface area (Å²) in [4.78, 5) is 17.3. The van der Waals surface area contributed by atoms with Crippen LogP contribution in [0.3, 0.4) is 0 Å². The molecule has 0 N–H and O–H groups in total. The van der Waals surface area contributed by atoms with E-state index in [2.05, 4.69) is 32.1 Å². The lowest BCUT2D eigenvalue weighted by Gasteiger charge is -2.22. The Morgan fingerprint density at radius 1 is 1.03 bits per heavy atom. The highest BCUT2D eigenvalue weighted by atomic mass is 32.1. The van der Waals surface area contributed by atoms with Gasteiger partial charge in [0, 0.05) is 30.1 Å². The molecule has 5 nitrogen and oxygen atoms in total. The standard InChI is InChI=1S/C12H7F2N3S.C11H15NO/c1-6-17-11-10(15-5-16-12(11)18-6)8-3-2-7(13)4-9(8)14;1-9-8-10(5-6-12-9)11-4-2-3-7-13-11/h2-5H,1H3;5-6,8,11H,2-4,7H2,1H3/t;11-/m.1/s1. The van der Waals surface area contributed by atoms with Crippen molar-refractivity contribution in [3.05, 3.63) is 70.8 Å². The molecule has 1 aliphatic heterocycles. The number of hydrogen-bond acceptors (Lipinski definition) is 6. The number of halogens is 2. The summed E-state index contributed by atoms with van der Waals surface area (Å²) in [6, 6.07) is 7.58. The van der Waals surface area contributed by atoms with Crippen LogP contribution >= 0.6 is 11.3 Å². The van der Waals surface area contributed by atoms with E-state index in [0.29, 0.717) is 22.1 Å². The van der Waals surface area contributed by atoms with E-state index >= 15 is 0 Å². The molecule has 0 spiro atoms. The Hall–Kier alpha value is -2.84. The van der Waals surface area contributed by atoms with Gasteiger partial charge in [0.05, 0.1) is 11.1 Å². The minimum absolute atomic E-state index is 0.231. The minimum atomic E-state index is -0.652. The molecule has 3 aromatic heterocycles. The number of benzene rings is 1. The highest BCUT2D eigenvalue weighted by molar-refractivity contribution is 7.18. The Morgan fingerprint density at radius 3 is 2.65 bits per heavy atom. The molecule has 160 valence electrons. The highest BCUT2D eigenvalue weighted by Gasteiger charge is 2.16. The SMILES string of the molecule is Cc1cc([C@H]2CCCCO2)ccn1.Cc1nc2c(-c3ccc(F)cc3F)ncnc2s1. The number of rotatable bonds is 2. The number of pyridine rings is 1.